The van der Waals surface area contributed by atoms with Crippen LogP contribution in [0.25, 0.3) is 0 Å². The number of esters is 1. The molecule has 0 aliphatic carbocycles. The van der Waals surface area contributed by atoms with Crippen molar-refractivity contribution in [3.8, 4) is 0 Å². The summed E-state index contributed by atoms with van der Waals surface area (Å²) in [5.41, 5.74) is 5.09. The normalized spacial score (nSPS) is 15.8. The molecule has 0 aliphatic rings. The number of ether oxygens (including phenoxy) is 1. The molecule has 2 N–H and O–H groups in total. The Morgan fingerprint density at radius 2 is 1.82 bits per heavy atom. The number of carbonyl (C=O) groups excluding carboxylic acids is 1. The highest BCUT2D eigenvalue weighted by Gasteiger charge is 2.45. The summed E-state index contributed by atoms with van der Waals surface area (Å²) in [6.45, 7) is 5.36. The van der Waals surface area contributed by atoms with Gasteiger partial charge in [0.05, 0.1) is 12.5 Å². The molecule has 0 aromatic heterocycles. The number of nitrogens with two attached hydrogens (primary N) is 1. The fraction of sp³-hybridized carbons (Fsp3) is 0.909. The minimum absolute atomic E-state index is 0.0571. The molecule has 0 saturated heterocycles. The van der Waals surface area contributed by atoms with E-state index in [-0.39, 0.29) is 18.9 Å². The number of carbonyl (C=O) groups is 1. The molecule has 0 spiro atoms. The van der Waals surface area contributed by atoms with E-state index in [9.17, 15) is 18.0 Å². The lowest BCUT2D eigenvalue weighted by Gasteiger charge is -2.24. The molecule has 0 aromatic carbocycles. The molecule has 2 atom stereocenters. The van der Waals surface area contributed by atoms with Crippen molar-refractivity contribution in [1.82, 2.24) is 0 Å². The molecule has 0 rings (SSSR count). The Bertz CT molecular complexity index is 241. The lowest BCUT2D eigenvalue weighted by atomic mass is 9.91. The molecule has 0 aliphatic heterocycles. The zero-order chi connectivity index (χ0) is 13.6. The number of hydrogen-bond acceptors (Lipinski definition) is 3. The van der Waals surface area contributed by atoms with Gasteiger partial charge in [0.2, 0.25) is 0 Å². The number of hydrogen-bond donors (Lipinski definition) is 1. The van der Waals surface area contributed by atoms with E-state index in [0.717, 1.165) is 0 Å². The van der Waals surface area contributed by atoms with Gasteiger partial charge in [0.25, 0.3) is 0 Å². The van der Waals surface area contributed by atoms with Gasteiger partial charge in [0.1, 0.15) is 6.04 Å². The van der Waals surface area contributed by atoms with Crippen molar-refractivity contribution in [3.63, 3.8) is 0 Å². The second-order valence-electron chi connectivity index (χ2n) is 4.40. The molecule has 3 nitrogen and oxygen atoms in total. The Hall–Kier alpha value is -0.780. The summed E-state index contributed by atoms with van der Waals surface area (Å²) in [6.07, 6.45) is -3.97. The van der Waals surface area contributed by atoms with Crippen molar-refractivity contribution in [3.05, 3.63) is 0 Å². The second-order valence-corrected chi connectivity index (χ2v) is 4.40. The van der Waals surface area contributed by atoms with Crippen LogP contribution in [0.15, 0.2) is 0 Å². The van der Waals surface area contributed by atoms with E-state index >= 15 is 0 Å². The van der Waals surface area contributed by atoms with E-state index in [4.69, 9.17) is 5.73 Å². The predicted molar refractivity (Wildman–Crippen MR) is 58.2 cm³/mol. The highest BCUT2D eigenvalue weighted by molar-refractivity contribution is 5.73. The predicted octanol–water partition coefficient (Wildman–Crippen LogP) is 2.49. The van der Waals surface area contributed by atoms with Gasteiger partial charge >= 0.3 is 12.1 Å². The molecule has 17 heavy (non-hydrogen) atoms. The third-order valence-electron chi connectivity index (χ3n) is 2.46. The Labute approximate surface area is 99.5 Å². The molecule has 0 bridgehead atoms. The van der Waals surface area contributed by atoms with Crippen LogP contribution in [0.5, 0.6) is 0 Å². The van der Waals surface area contributed by atoms with Crippen molar-refractivity contribution in [1.29, 1.82) is 0 Å². The molecular weight excluding hydrogens is 235 g/mol. The third-order valence-corrected chi connectivity index (χ3v) is 2.46. The molecule has 0 heterocycles. The first-order valence-electron chi connectivity index (χ1n) is 5.69. The smallest absolute Gasteiger partial charge is 0.404 e. The van der Waals surface area contributed by atoms with Crippen LogP contribution in [-0.4, -0.2) is 24.8 Å². The molecule has 0 amide bonds. The second kappa shape index (κ2) is 6.83. The third kappa shape index (κ3) is 5.91. The Morgan fingerprint density at radius 3 is 2.18 bits per heavy atom. The average molecular weight is 255 g/mol. The number of rotatable bonds is 6. The molecule has 0 unspecified atom stereocenters. The Morgan fingerprint density at radius 1 is 1.29 bits per heavy atom. The molecule has 0 saturated carbocycles. The first-order chi connectivity index (χ1) is 7.70. The van der Waals surface area contributed by atoms with Gasteiger partial charge in [-0.2, -0.15) is 13.2 Å². The van der Waals surface area contributed by atoms with Crippen molar-refractivity contribution in [2.45, 2.75) is 45.8 Å². The monoisotopic (exact) mass is 255 g/mol. The van der Waals surface area contributed by atoms with Crippen LogP contribution >= 0.6 is 0 Å². The van der Waals surface area contributed by atoms with E-state index in [0.29, 0.717) is 6.42 Å². The van der Waals surface area contributed by atoms with Gasteiger partial charge < -0.3 is 10.5 Å². The minimum Gasteiger partial charge on any atom is -0.466 e. The lowest BCUT2D eigenvalue weighted by molar-refractivity contribution is -0.176. The van der Waals surface area contributed by atoms with Crippen LogP contribution in [0, 0.1) is 11.8 Å². The van der Waals surface area contributed by atoms with Crippen LogP contribution in [0.1, 0.15) is 33.6 Å². The summed E-state index contributed by atoms with van der Waals surface area (Å²) in [6, 6.07) is -2.15. The van der Waals surface area contributed by atoms with Gasteiger partial charge in [-0.25, -0.2) is 0 Å². The van der Waals surface area contributed by atoms with Crippen LogP contribution in [0.4, 0.5) is 13.2 Å². The maximum atomic E-state index is 12.5. The standard InChI is InChI=1S/C11H20F3NO2/c1-4-17-10(16)8(6-5-7(2)3)9(15)11(12,13)14/h7-9H,4-6,15H2,1-3H3/t8-,9-/m1/s1. The topological polar surface area (TPSA) is 52.3 Å². The molecule has 6 heteroatoms. The van der Waals surface area contributed by atoms with Crippen molar-refractivity contribution in [2.24, 2.45) is 17.6 Å². The van der Waals surface area contributed by atoms with Crippen molar-refractivity contribution in [2.75, 3.05) is 6.61 Å². The maximum Gasteiger partial charge on any atom is 0.404 e. The van der Waals surface area contributed by atoms with Gasteiger partial charge in [-0.1, -0.05) is 20.3 Å². The summed E-state index contributed by atoms with van der Waals surface area (Å²) >= 11 is 0. The zero-order valence-electron chi connectivity index (χ0n) is 10.4. The minimum atomic E-state index is -4.57. The van der Waals surface area contributed by atoms with E-state index in [1.54, 1.807) is 6.92 Å². The van der Waals surface area contributed by atoms with Crippen molar-refractivity contribution >= 4 is 5.97 Å². The van der Waals surface area contributed by atoms with E-state index in [1.165, 1.54) is 0 Å². The first kappa shape index (κ1) is 16.2. The van der Waals surface area contributed by atoms with E-state index in [1.807, 2.05) is 13.8 Å². The molecule has 0 radical (unpaired) electrons. The van der Waals surface area contributed by atoms with Gasteiger partial charge in [-0.15, -0.1) is 0 Å². The van der Waals surface area contributed by atoms with Crippen LogP contribution < -0.4 is 5.73 Å². The fourth-order valence-corrected chi connectivity index (χ4v) is 1.43. The number of halogens is 3. The SMILES string of the molecule is CCOC(=O)[C@H](CCC(C)C)[C@@H](N)C(F)(F)F. The van der Waals surface area contributed by atoms with Crippen LogP contribution in [0.2, 0.25) is 0 Å². The summed E-state index contributed by atoms with van der Waals surface area (Å²) in [5.74, 6) is -1.96. The van der Waals surface area contributed by atoms with Gasteiger partial charge in [0, 0.05) is 0 Å². The molecular formula is C11H20F3NO2. The van der Waals surface area contributed by atoms with E-state index in [2.05, 4.69) is 4.74 Å². The Kier molecular flexibility index (Phi) is 6.52. The van der Waals surface area contributed by atoms with Gasteiger partial charge in [0.15, 0.2) is 0 Å². The van der Waals surface area contributed by atoms with E-state index < -0.39 is 24.1 Å². The average Bonchev–Trinajstić information content (AvgIpc) is 2.16. The molecule has 0 fully saturated rings. The lowest BCUT2D eigenvalue weighted by Crippen LogP contribution is -2.47. The summed E-state index contributed by atoms with van der Waals surface area (Å²) in [7, 11) is 0. The quantitative estimate of drug-likeness (QED) is 0.742. The highest BCUT2D eigenvalue weighted by Crippen LogP contribution is 2.28. The summed E-state index contributed by atoms with van der Waals surface area (Å²) < 4.78 is 42.1. The Balaban J connectivity index is 4.66. The highest BCUT2D eigenvalue weighted by atomic mass is 19.4. The van der Waals surface area contributed by atoms with Crippen LogP contribution in [0.3, 0.4) is 0 Å². The van der Waals surface area contributed by atoms with Crippen molar-refractivity contribution < 1.29 is 22.7 Å². The maximum absolute atomic E-state index is 12.5. The van der Waals surface area contributed by atoms with Gasteiger partial charge in [-0.3, -0.25) is 4.79 Å². The fourth-order valence-electron chi connectivity index (χ4n) is 1.43. The summed E-state index contributed by atoms with van der Waals surface area (Å²) in [5, 5.41) is 0. The molecule has 102 valence electrons. The van der Waals surface area contributed by atoms with Gasteiger partial charge in [-0.05, 0) is 19.3 Å². The largest absolute Gasteiger partial charge is 0.466 e. The zero-order valence-corrected chi connectivity index (χ0v) is 10.4. The van der Waals surface area contributed by atoms with Crippen LogP contribution in [-0.2, 0) is 9.53 Å². The number of alkyl halides is 3. The molecule has 0 aromatic rings. The first-order valence-corrected chi connectivity index (χ1v) is 5.69. The summed E-state index contributed by atoms with van der Waals surface area (Å²) in [4.78, 5) is 11.4.